The number of fused-ring (bicyclic) bond motifs is 1. The first-order valence-electron chi connectivity index (χ1n) is 9.11. The van der Waals surface area contributed by atoms with Crippen LogP contribution in [-0.4, -0.2) is 55.7 Å². The Labute approximate surface area is 152 Å². The van der Waals surface area contributed by atoms with E-state index in [9.17, 15) is 4.79 Å². The molecule has 1 spiro atoms. The third kappa shape index (κ3) is 3.13. The van der Waals surface area contributed by atoms with Gasteiger partial charge in [0, 0.05) is 39.9 Å². The molecule has 1 atom stereocenters. The first kappa shape index (κ1) is 16.8. The molecule has 1 aromatic heterocycles. The Morgan fingerprint density at radius 2 is 2.16 bits per heavy atom. The summed E-state index contributed by atoms with van der Waals surface area (Å²) in [6.45, 7) is 4.17. The predicted molar refractivity (Wildman–Crippen MR) is 101 cm³/mol. The van der Waals surface area contributed by atoms with Crippen molar-refractivity contribution in [2.75, 3.05) is 44.8 Å². The van der Waals surface area contributed by atoms with Crippen LogP contribution in [0.4, 0.5) is 5.13 Å². The van der Waals surface area contributed by atoms with Gasteiger partial charge in [-0.25, -0.2) is 4.98 Å². The second kappa shape index (κ2) is 6.92. The van der Waals surface area contributed by atoms with Crippen LogP contribution in [-0.2, 0) is 9.53 Å². The molecule has 2 aromatic rings. The number of carbonyl (C=O) groups is 1. The van der Waals surface area contributed by atoms with Gasteiger partial charge in [0.05, 0.1) is 15.6 Å². The van der Waals surface area contributed by atoms with Crippen molar-refractivity contribution in [2.45, 2.75) is 25.7 Å². The zero-order valence-corrected chi connectivity index (χ0v) is 15.6. The minimum atomic E-state index is -0.205. The number of amides is 1. The normalized spacial score (nSPS) is 24.0. The van der Waals surface area contributed by atoms with Crippen LogP contribution in [0.5, 0.6) is 0 Å². The number of carbonyl (C=O) groups excluding carboxylic acids is 1. The summed E-state index contributed by atoms with van der Waals surface area (Å²) in [5.41, 5.74) is 0.850. The van der Waals surface area contributed by atoms with Gasteiger partial charge in [0.15, 0.2) is 5.13 Å². The molecule has 2 fully saturated rings. The number of likely N-dealkylation sites (tertiary alicyclic amines) is 1. The monoisotopic (exact) mass is 359 g/mol. The number of thiazole rings is 1. The Morgan fingerprint density at radius 1 is 1.28 bits per heavy atom. The van der Waals surface area contributed by atoms with E-state index in [0.717, 1.165) is 62.5 Å². The highest BCUT2D eigenvalue weighted by Gasteiger charge is 2.48. The number of anilines is 1. The van der Waals surface area contributed by atoms with Crippen molar-refractivity contribution >= 4 is 32.6 Å². The number of ether oxygens (including phenoxy) is 1. The Bertz CT molecular complexity index is 729. The summed E-state index contributed by atoms with van der Waals surface area (Å²) >= 11 is 1.73. The number of piperidine rings is 1. The topological polar surface area (TPSA) is 45.7 Å². The molecule has 1 unspecified atom stereocenters. The van der Waals surface area contributed by atoms with Gasteiger partial charge >= 0.3 is 0 Å². The van der Waals surface area contributed by atoms with Gasteiger partial charge in [-0.15, -0.1) is 0 Å². The molecule has 3 heterocycles. The molecular weight excluding hydrogens is 334 g/mol. The molecular formula is C19H25N3O2S. The van der Waals surface area contributed by atoms with E-state index in [1.165, 1.54) is 4.70 Å². The summed E-state index contributed by atoms with van der Waals surface area (Å²) in [5.74, 6) is 0.346. The molecule has 0 radical (unpaired) electrons. The van der Waals surface area contributed by atoms with E-state index < -0.39 is 0 Å². The molecule has 25 heavy (non-hydrogen) atoms. The van der Waals surface area contributed by atoms with Crippen LogP contribution in [0, 0.1) is 5.41 Å². The summed E-state index contributed by atoms with van der Waals surface area (Å²) in [4.78, 5) is 22.3. The summed E-state index contributed by atoms with van der Waals surface area (Å²) < 4.78 is 6.35. The molecule has 4 rings (SSSR count). The van der Waals surface area contributed by atoms with E-state index >= 15 is 0 Å². The van der Waals surface area contributed by atoms with Crippen LogP contribution in [0.25, 0.3) is 10.2 Å². The van der Waals surface area contributed by atoms with Crippen LogP contribution in [0.15, 0.2) is 24.3 Å². The third-order valence-corrected chi connectivity index (χ3v) is 6.60. The lowest BCUT2D eigenvalue weighted by atomic mass is 9.78. The van der Waals surface area contributed by atoms with E-state index in [1.807, 2.05) is 6.07 Å². The van der Waals surface area contributed by atoms with Gasteiger partial charge in [-0.2, -0.15) is 0 Å². The molecule has 134 valence electrons. The van der Waals surface area contributed by atoms with Crippen LogP contribution in [0.2, 0.25) is 0 Å². The number of nitrogens with zero attached hydrogens (tertiary/aromatic N) is 3. The largest absolute Gasteiger partial charge is 0.385 e. The van der Waals surface area contributed by atoms with Gasteiger partial charge in [0.2, 0.25) is 5.91 Å². The molecule has 0 aliphatic carbocycles. The van der Waals surface area contributed by atoms with Crippen LogP contribution in [0.1, 0.15) is 25.7 Å². The van der Waals surface area contributed by atoms with Gasteiger partial charge in [0.25, 0.3) is 0 Å². The van der Waals surface area contributed by atoms with Gasteiger partial charge in [0.1, 0.15) is 0 Å². The van der Waals surface area contributed by atoms with Crippen molar-refractivity contribution in [1.29, 1.82) is 0 Å². The SMILES string of the molecule is COCCCN1CCCC2(CCN(c3nc4ccccc4s3)C2)C1=O. The van der Waals surface area contributed by atoms with Crippen molar-refractivity contribution < 1.29 is 9.53 Å². The van der Waals surface area contributed by atoms with E-state index in [0.29, 0.717) is 12.5 Å². The van der Waals surface area contributed by atoms with E-state index in [1.54, 1.807) is 18.4 Å². The van der Waals surface area contributed by atoms with Crippen LogP contribution < -0.4 is 4.90 Å². The highest BCUT2D eigenvalue weighted by molar-refractivity contribution is 7.22. The average molecular weight is 359 g/mol. The zero-order chi connectivity index (χ0) is 17.3. The van der Waals surface area contributed by atoms with E-state index in [4.69, 9.17) is 9.72 Å². The first-order chi connectivity index (χ1) is 12.2. The fraction of sp³-hybridized carbons (Fsp3) is 0.579. The van der Waals surface area contributed by atoms with Gasteiger partial charge in [-0.05, 0) is 37.8 Å². The molecule has 0 bridgehead atoms. The predicted octanol–water partition coefficient (Wildman–Crippen LogP) is 3.15. The fourth-order valence-corrected chi connectivity index (χ4v) is 5.17. The zero-order valence-electron chi connectivity index (χ0n) is 14.7. The van der Waals surface area contributed by atoms with Crippen LogP contribution in [0.3, 0.4) is 0 Å². The number of aromatic nitrogens is 1. The molecule has 2 aliphatic heterocycles. The lowest BCUT2D eigenvalue weighted by molar-refractivity contribution is -0.145. The number of benzene rings is 1. The highest BCUT2D eigenvalue weighted by Crippen LogP contribution is 2.43. The minimum absolute atomic E-state index is 0.205. The standard InChI is InChI=1S/C19H25N3O2S/c1-24-13-5-11-21-10-4-8-19(17(21)23)9-12-22(14-19)18-20-15-6-2-3-7-16(15)25-18/h2-3,6-7H,4-5,8-14H2,1H3. The number of rotatable bonds is 5. The fourth-order valence-electron chi connectivity index (χ4n) is 4.17. The molecule has 2 saturated heterocycles. The van der Waals surface area contributed by atoms with Crippen molar-refractivity contribution in [3.8, 4) is 0 Å². The van der Waals surface area contributed by atoms with Gasteiger partial charge in [-0.3, -0.25) is 4.79 Å². The van der Waals surface area contributed by atoms with Crippen molar-refractivity contribution in [3.05, 3.63) is 24.3 Å². The molecule has 0 N–H and O–H groups in total. The van der Waals surface area contributed by atoms with Crippen molar-refractivity contribution in [3.63, 3.8) is 0 Å². The summed E-state index contributed by atoms with van der Waals surface area (Å²) in [6, 6.07) is 8.26. The lowest BCUT2D eigenvalue weighted by Gasteiger charge is -2.39. The smallest absolute Gasteiger partial charge is 0.230 e. The molecule has 1 aromatic carbocycles. The third-order valence-electron chi connectivity index (χ3n) is 5.51. The first-order valence-corrected chi connectivity index (χ1v) is 9.92. The molecule has 5 nitrogen and oxygen atoms in total. The maximum absolute atomic E-state index is 13.1. The Balaban J connectivity index is 1.49. The Hall–Kier alpha value is -1.66. The second-order valence-corrected chi connectivity index (χ2v) is 8.17. The number of para-hydroxylation sites is 1. The second-order valence-electron chi connectivity index (χ2n) is 7.16. The van der Waals surface area contributed by atoms with Crippen LogP contribution >= 0.6 is 11.3 Å². The quantitative estimate of drug-likeness (QED) is 0.770. The van der Waals surface area contributed by atoms with Gasteiger partial charge < -0.3 is 14.5 Å². The highest BCUT2D eigenvalue weighted by atomic mass is 32.1. The van der Waals surface area contributed by atoms with E-state index in [2.05, 4.69) is 28.0 Å². The Morgan fingerprint density at radius 3 is 3.00 bits per heavy atom. The number of hydrogen-bond donors (Lipinski definition) is 0. The molecule has 2 aliphatic rings. The summed E-state index contributed by atoms with van der Waals surface area (Å²) in [7, 11) is 1.71. The maximum Gasteiger partial charge on any atom is 0.230 e. The molecule has 6 heteroatoms. The molecule has 1 amide bonds. The van der Waals surface area contributed by atoms with Crippen molar-refractivity contribution in [2.24, 2.45) is 5.41 Å². The lowest BCUT2D eigenvalue weighted by Crippen LogP contribution is -2.50. The van der Waals surface area contributed by atoms with Crippen molar-refractivity contribution in [1.82, 2.24) is 9.88 Å². The number of hydrogen-bond acceptors (Lipinski definition) is 5. The van der Waals surface area contributed by atoms with Gasteiger partial charge in [-0.1, -0.05) is 23.5 Å². The average Bonchev–Trinajstić information content (AvgIpc) is 3.24. The molecule has 0 saturated carbocycles. The Kier molecular flexibility index (Phi) is 4.65. The van der Waals surface area contributed by atoms with E-state index in [-0.39, 0.29) is 5.41 Å². The minimum Gasteiger partial charge on any atom is -0.385 e. The number of methoxy groups -OCH3 is 1. The maximum atomic E-state index is 13.1. The summed E-state index contributed by atoms with van der Waals surface area (Å²) in [6.07, 6.45) is 3.98. The summed E-state index contributed by atoms with van der Waals surface area (Å²) in [5, 5.41) is 1.06.